The quantitative estimate of drug-likeness (QED) is 0.781. The van der Waals surface area contributed by atoms with Crippen molar-refractivity contribution in [3.63, 3.8) is 0 Å². The van der Waals surface area contributed by atoms with E-state index in [1.807, 2.05) is 23.1 Å². The molecular weight excluding hydrogens is 364 g/mol. The van der Waals surface area contributed by atoms with Crippen molar-refractivity contribution in [2.75, 3.05) is 32.7 Å². The molecule has 0 unspecified atom stereocenters. The SMILES string of the molecule is O=C1CCC2(CCN(S(=O)(=O)N3CCCC3)CC2)CN1Cc1ccccn1. The summed E-state index contributed by atoms with van der Waals surface area (Å²) >= 11 is 0. The van der Waals surface area contributed by atoms with Crippen molar-refractivity contribution in [2.24, 2.45) is 5.41 Å². The second kappa shape index (κ2) is 7.48. The highest BCUT2D eigenvalue weighted by atomic mass is 32.2. The lowest BCUT2D eigenvalue weighted by molar-refractivity contribution is -0.139. The summed E-state index contributed by atoms with van der Waals surface area (Å²) in [5.41, 5.74) is 0.941. The van der Waals surface area contributed by atoms with E-state index in [4.69, 9.17) is 0 Å². The van der Waals surface area contributed by atoms with E-state index in [1.54, 1.807) is 14.8 Å². The van der Waals surface area contributed by atoms with E-state index in [9.17, 15) is 13.2 Å². The van der Waals surface area contributed by atoms with E-state index in [2.05, 4.69) is 4.98 Å². The van der Waals surface area contributed by atoms with Gasteiger partial charge in [0.15, 0.2) is 0 Å². The first-order valence-electron chi connectivity index (χ1n) is 9.92. The molecule has 3 aliphatic rings. The molecule has 4 heterocycles. The molecule has 0 aromatic carbocycles. The second-order valence-corrected chi connectivity index (χ2v) is 10.0. The molecule has 8 heteroatoms. The summed E-state index contributed by atoms with van der Waals surface area (Å²) in [6.07, 6.45) is 6.73. The van der Waals surface area contributed by atoms with Crippen LogP contribution in [0, 0.1) is 5.41 Å². The van der Waals surface area contributed by atoms with Crippen LogP contribution in [0.2, 0.25) is 0 Å². The van der Waals surface area contributed by atoms with Gasteiger partial charge in [0.05, 0.1) is 12.2 Å². The highest BCUT2D eigenvalue weighted by Crippen LogP contribution is 2.41. The lowest BCUT2D eigenvalue weighted by atomic mass is 9.72. The van der Waals surface area contributed by atoms with Crippen molar-refractivity contribution in [1.82, 2.24) is 18.5 Å². The fourth-order valence-corrected chi connectivity index (χ4v) is 6.31. The van der Waals surface area contributed by atoms with E-state index in [0.29, 0.717) is 45.7 Å². The predicted octanol–water partition coefficient (Wildman–Crippen LogP) is 1.63. The van der Waals surface area contributed by atoms with E-state index < -0.39 is 10.2 Å². The molecule has 0 aliphatic carbocycles. The van der Waals surface area contributed by atoms with Crippen LogP contribution in [0.15, 0.2) is 24.4 Å². The monoisotopic (exact) mass is 392 g/mol. The molecule has 0 bridgehead atoms. The van der Waals surface area contributed by atoms with Gasteiger partial charge in [0, 0.05) is 45.3 Å². The zero-order chi connectivity index (χ0) is 18.9. The third kappa shape index (κ3) is 3.88. The topological polar surface area (TPSA) is 73.8 Å². The van der Waals surface area contributed by atoms with Gasteiger partial charge in [-0.1, -0.05) is 6.07 Å². The first kappa shape index (κ1) is 18.8. The van der Waals surface area contributed by atoms with Crippen molar-refractivity contribution in [1.29, 1.82) is 0 Å². The number of aromatic nitrogens is 1. The molecule has 0 atom stereocenters. The Labute approximate surface area is 161 Å². The Morgan fingerprint density at radius 1 is 1.00 bits per heavy atom. The van der Waals surface area contributed by atoms with Gasteiger partial charge in [-0.3, -0.25) is 9.78 Å². The van der Waals surface area contributed by atoms with E-state index in [0.717, 1.165) is 37.8 Å². The van der Waals surface area contributed by atoms with Crippen molar-refractivity contribution in [3.8, 4) is 0 Å². The Morgan fingerprint density at radius 3 is 2.37 bits per heavy atom. The van der Waals surface area contributed by atoms with Crippen LogP contribution < -0.4 is 0 Å². The summed E-state index contributed by atoms with van der Waals surface area (Å²) in [7, 11) is -3.31. The van der Waals surface area contributed by atoms with Gasteiger partial charge in [0.25, 0.3) is 10.2 Å². The number of hydrogen-bond acceptors (Lipinski definition) is 4. The minimum atomic E-state index is -3.31. The van der Waals surface area contributed by atoms with Crippen LogP contribution in [-0.4, -0.2) is 65.5 Å². The molecule has 0 radical (unpaired) electrons. The third-order valence-electron chi connectivity index (χ3n) is 6.33. The van der Waals surface area contributed by atoms with Crippen LogP contribution in [0.25, 0.3) is 0 Å². The highest BCUT2D eigenvalue weighted by molar-refractivity contribution is 7.86. The maximum Gasteiger partial charge on any atom is 0.281 e. The van der Waals surface area contributed by atoms with Gasteiger partial charge in [-0.25, -0.2) is 0 Å². The van der Waals surface area contributed by atoms with Crippen molar-refractivity contribution in [2.45, 2.75) is 45.1 Å². The molecule has 0 saturated carbocycles. The Kier molecular flexibility index (Phi) is 5.22. The summed E-state index contributed by atoms with van der Waals surface area (Å²) in [5.74, 6) is 0.179. The Morgan fingerprint density at radius 2 is 1.70 bits per heavy atom. The first-order chi connectivity index (χ1) is 13.0. The number of hydrogen-bond donors (Lipinski definition) is 0. The average molecular weight is 393 g/mol. The van der Waals surface area contributed by atoms with Crippen molar-refractivity contribution >= 4 is 16.1 Å². The predicted molar refractivity (Wildman–Crippen MR) is 102 cm³/mol. The average Bonchev–Trinajstić information content (AvgIpc) is 3.22. The minimum Gasteiger partial charge on any atom is -0.336 e. The third-order valence-corrected chi connectivity index (χ3v) is 8.36. The number of piperidine rings is 2. The Bertz CT molecular complexity index is 769. The van der Waals surface area contributed by atoms with Crippen LogP contribution in [-0.2, 0) is 21.5 Å². The summed E-state index contributed by atoms with van der Waals surface area (Å²) in [6.45, 7) is 3.67. The summed E-state index contributed by atoms with van der Waals surface area (Å²) in [6, 6.07) is 5.76. The van der Waals surface area contributed by atoms with Crippen LogP contribution in [0.3, 0.4) is 0 Å². The normalized spacial score (nSPS) is 24.6. The lowest BCUT2D eigenvalue weighted by Crippen LogP contribution is -2.53. The smallest absolute Gasteiger partial charge is 0.281 e. The number of carbonyl (C=O) groups excluding carboxylic acids is 1. The number of nitrogens with zero attached hydrogens (tertiary/aromatic N) is 4. The van der Waals surface area contributed by atoms with Gasteiger partial charge in [-0.2, -0.15) is 17.0 Å². The number of amides is 1. The Balaban J connectivity index is 1.40. The molecule has 27 heavy (non-hydrogen) atoms. The molecule has 1 spiro atoms. The number of carbonyl (C=O) groups is 1. The molecule has 4 rings (SSSR count). The zero-order valence-electron chi connectivity index (χ0n) is 15.7. The van der Waals surface area contributed by atoms with Gasteiger partial charge >= 0.3 is 0 Å². The largest absolute Gasteiger partial charge is 0.336 e. The van der Waals surface area contributed by atoms with E-state index in [1.165, 1.54) is 0 Å². The standard InChI is InChI=1S/C19H28N4O3S/c24-18-6-7-19(16-21(18)15-17-5-1-2-10-20-17)8-13-23(14-9-19)27(25,26)22-11-3-4-12-22/h1-2,5,10H,3-4,6-9,11-16H2. The molecule has 148 valence electrons. The molecule has 7 nitrogen and oxygen atoms in total. The van der Waals surface area contributed by atoms with Crippen LogP contribution >= 0.6 is 0 Å². The molecule has 3 fully saturated rings. The maximum absolute atomic E-state index is 12.8. The van der Waals surface area contributed by atoms with Gasteiger partial charge in [-0.15, -0.1) is 0 Å². The first-order valence-corrected chi connectivity index (χ1v) is 11.3. The van der Waals surface area contributed by atoms with Crippen molar-refractivity contribution < 1.29 is 13.2 Å². The lowest BCUT2D eigenvalue weighted by Gasteiger charge is -2.47. The van der Waals surface area contributed by atoms with Gasteiger partial charge in [-0.05, 0) is 49.7 Å². The molecule has 0 N–H and O–H groups in total. The molecule has 3 aliphatic heterocycles. The fourth-order valence-electron chi connectivity index (χ4n) is 4.62. The molecular formula is C19H28N4O3S. The van der Waals surface area contributed by atoms with Crippen LogP contribution in [0.5, 0.6) is 0 Å². The Hall–Kier alpha value is -1.51. The van der Waals surface area contributed by atoms with Gasteiger partial charge < -0.3 is 4.90 Å². The summed E-state index contributed by atoms with van der Waals surface area (Å²) < 4.78 is 28.9. The van der Waals surface area contributed by atoms with Crippen molar-refractivity contribution in [3.05, 3.63) is 30.1 Å². The number of rotatable bonds is 4. The number of pyridine rings is 1. The molecule has 1 amide bonds. The molecule has 1 aromatic heterocycles. The van der Waals surface area contributed by atoms with Gasteiger partial charge in [0.2, 0.25) is 5.91 Å². The maximum atomic E-state index is 12.8. The van der Waals surface area contributed by atoms with E-state index in [-0.39, 0.29) is 11.3 Å². The second-order valence-electron chi connectivity index (χ2n) is 8.08. The zero-order valence-corrected chi connectivity index (χ0v) is 16.5. The fraction of sp³-hybridized carbons (Fsp3) is 0.684. The minimum absolute atomic E-state index is 0.0414. The number of likely N-dealkylation sites (tertiary alicyclic amines) is 1. The highest BCUT2D eigenvalue weighted by Gasteiger charge is 2.44. The van der Waals surface area contributed by atoms with Crippen LogP contribution in [0.1, 0.15) is 44.2 Å². The summed E-state index contributed by atoms with van der Waals surface area (Å²) in [4.78, 5) is 18.7. The molecule has 3 saturated heterocycles. The van der Waals surface area contributed by atoms with E-state index >= 15 is 0 Å². The summed E-state index contributed by atoms with van der Waals surface area (Å²) in [5, 5.41) is 0. The van der Waals surface area contributed by atoms with Crippen LogP contribution in [0.4, 0.5) is 0 Å². The van der Waals surface area contributed by atoms with Gasteiger partial charge in [0.1, 0.15) is 0 Å². The molecule has 1 aromatic rings.